The van der Waals surface area contributed by atoms with Crippen LogP contribution in [0.1, 0.15) is 349 Å². The monoisotopic (exact) mass is 1230 g/mol. The fraction of sp³-hybridized carbons (Fsp3) is 0.684. The van der Waals surface area contributed by atoms with Crippen molar-refractivity contribution in [2.45, 2.75) is 287 Å². The van der Waals surface area contributed by atoms with Gasteiger partial charge in [0.15, 0.2) is 0 Å². The number of hydrogen-bond acceptors (Lipinski definition) is 12. The molecule has 88 heavy (non-hydrogen) atoms. The largest absolute Gasteiger partial charge is 0.462 e. The highest BCUT2D eigenvalue weighted by Crippen LogP contribution is 2.19. The number of carbonyl (C=O) groups excluding carboxylic acids is 6. The van der Waals surface area contributed by atoms with Gasteiger partial charge in [-0.05, 0) is 99.6 Å². The summed E-state index contributed by atoms with van der Waals surface area (Å²) >= 11 is 0. The molecule has 0 fully saturated rings. The molecule has 0 atom stereocenters. The summed E-state index contributed by atoms with van der Waals surface area (Å²) < 4.78 is 32.3. The number of hydrogen-bond donors (Lipinski definition) is 0. The maximum absolute atomic E-state index is 12.5. The molecule has 12 heteroatoms. The second-order valence-corrected chi connectivity index (χ2v) is 24.4. The molecule has 0 unspecified atom stereocenters. The van der Waals surface area contributed by atoms with Gasteiger partial charge in [0, 0.05) is 0 Å². The molecular formula is C76H122O12. The van der Waals surface area contributed by atoms with Gasteiger partial charge in [0.25, 0.3) is 0 Å². The Hall–Kier alpha value is -5.52. The van der Waals surface area contributed by atoms with Gasteiger partial charge in [-0.1, -0.05) is 272 Å². The van der Waals surface area contributed by atoms with E-state index in [1.165, 1.54) is 141 Å². The predicted molar refractivity (Wildman–Crippen MR) is 360 cm³/mol. The van der Waals surface area contributed by atoms with Crippen molar-refractivity contribution in [2.75, 3.05) is 39.6 Å². The van der Waals surface area contributed by atoms with Gasteiger partial charge in [0.05, 0.1) is 73.0 Å². The quantitative estimate of drug-likeness (QED) is 0.0300. The molecule has 0 saturated carbocycles. The Labute approximate surface area is 534 Å². The van der Waals surface area contributed by atoms with E-state index in [9.17, 15) is 28.8 Å². The number of ether oxygens (including phenoxy) is 6. The molecule has 3 rings (SSSR count). The third-order valence-corrected chi connectivity index (χ3v) is 15.3. The van der Waals surface area contributed by atoms with Gasteiger partial charge in [-0.3, -0.25) is 0 Å². The van der Waals surface area contributed by atoms with Gasteiger partial charge in [0.1, 0.15) is 0 Å². The minimum Gasteiger partial charge on any atom is -0.462 e. The number of benzene rings is 3. The van der Waals surface area contributed by atoms with E-state index < -0.39 is 35.8 Å². The minimum absolute atomic E-state index is 0.281. The van der Waals surface area contributed by atoms with E-state index in [0.717, 1.165) is 89.9 Å². The Morgan fingerprint density at radius 1 is 0.239 bits per heavy atom. The van der Waals surface area contributed by atoms with E-state index in [4.69, 9.17) is 28.4 Å². The molecule has 0 aliphatic heterocycles. The van der Waals surface area contributed by atoms with Gasteiger partial charge in [-0.15, -0.1) is 0 Å². The Kier molecular flexibility index (Phi) is 51.9. The first-order valence-corrected chi connectivity index (χ1v) is 35.1. The topological polar surface area (TPSA) is 158 Å². The van der Waals surface area contributed by atoms with Crippen LogP contribution in [0.25, 0.3) is 0 Å². The summed E-state index contributed by atoms with van der Waals surface area (Å²) in [5.41, 5.74) is 1.75. The van der Waals surface area contributed by atoms with Crippen LogP contribution in [0.2, 0.25) is 0 Å². The van der Waals surface area contributed by atoms with Crippen molar-refractivity contribution in [1.82, 2.24) is 0 Å². The number of rotatable bonds is 50. The SMILES string of the molecule is CC(C)CCCCOC(=O)c1ccccc1C(=O)OCCCCC(C)C.CCCCCCCCCCOC(=O)c1ccccc1C(=O)OCCCCCCCCCC.CCCCCCCCCOC(=O)c1ccccc1C(=O)OCCCCCCCCC. The summed E-state index contributed by atoms with van der Waals surface area (Å²) in [6.45, 7) is 19.9. The maximum atomic E-state index is 12.5. The first-order chi connectivity index (χ1) is 42.8. The molecule has 12 nitrogen and oxygen atoms in total. The predicted octanol–water partition coefficient (Wildman–Crippen LogP) is 21.4. The zero-order chi connectivity index (χ0) is 64.5. The Morgan fingerprint density at radius 2 is 0.386 bits per heavy atom. The lowest BCUT2D eigenvalue weighted by atomic mass is 10.1. The fourth-order valence-electron chi connectivity index (χ4n) is 9.87. The van der Waals surface area contributed by atoms with Crippen LogP contribution in [-0.2, 0) is 28.4 Å². The van der Waals surface area contributed by atoms with Crippen LogP contribution in [0, 0.1) is 11.8 Å². The molecule has 0 amide bonds. The molecule has 3 aromatic carbocycles. The molecule has 0 spiro atoms. The lowest BCUT2D eigenvalue weighted by Crippen LogP contribution is -2.15. The highest BCUT2D eigenvalue weighted by Gasteiger charge is 2.22. The van der Waals surface area contributed by atoms with Crippen LogP contribution in [0.4, 0.5) is 0 Å². The van der Waals surface area contributed by atoms with Gasteiger partial charge < -0.3 is 28.4 Å². The summed E-state index contributed by atoms with van der Waals surface area (Å²) in [4.78, 5) is 74.3. The molecule has 498 valence electrons. The highest BCUT2D eigenvalue weighted by molar-refractivity contribution is 6.04. The zero-order valence-electron chi connectivity index (χ0n) is 56.7. The van der Waals surface area contributed by atoms with E-state index in [1.54, 1.807) is 72.8 Å². The summed E-state index contributed by atoms with van der Waals surface area (Å²) in [5.74, 6) is -1.36. The smallest absolute Gasteiger partial charge is 0.339 e. The third kappa shape index (κ3) is 42.4. The minimum atomic E-state index is -0.457. The van der Waals surface area contributed by atoms with Crippen molar-refractivity contribution >= 4 is 35.8 Å². The van der Waals surface area contributed by atoms with Crippen LogP contribution in [0.3, 0.4) is 0 Å². The number of unbranched alkanes of at least 4 members (excludes halogenated alkanes) is 28. The molecule has 0 bridgehead atoms. The average molecular weight is 1230 g/mol. The lowest BCUT2D eigenvalue weighted by molar-refractivity contribution is 0.0449. The van der Waals surface area contributed by atoms with Gasteiger partial charge in [-0.2, -0.15) is 0 Å². The Bertz CT molecular complexity index is 2080. The van der Waals surface area contributed by atoms with E-state index in [-0.39, 0.29) is 11.1 Å². The molecule has 0 saturated heterocycles. The van der Waals surface area contributed by atoms with Gasteiger partial charge in [-0.25, -0.2) is 28.8 Å². The van der Waals surface area contributed by atoms with Gasteiger partial charge in [0.2, 0.25) is 0 Å². The second-order valence-electron chi connectivity index (χ2n) is 24.4. The van der Waals surface area contributed by atoms with E-state index >= 15 is 0 Å². The fourth-order valence-corrected chi connectivity index (χ4v) is 9.87. The van der Waals surface area contributed by atoms with Crippen LogP contribution in [-0.4, -0.2) is 75.5 Å². The molecule has 3 aromatic rings. The first-order valence-electron chi connectivity index (χ1n) is 35.1. The Balaban J connectivity index is 0.000000664. The van der Waals surface area contributed by atoms with E-state index in [1.807, 2.05) is 0 Å². The van der Waals surface area contributed by atoms with Crippen molar-refractivity contribution in [3.05, 3.63) is 106 Å². The molecular weight excluding hydrogens is 1100 g/mol. The van der Waals surface area contributed by atoms with Crippen molar-refractivity contribution < 1.29 is 57.2 Å². The molecule has 0 N–H and O–H groups in total. The summed E-state index contributed by atoms with van der Waals surface area (Å²) in [5, 5.41) is 0. The molecule has 0 aliphatic rings. The van der Waals surface area contributed by atoms with Crippen LogP contribution in [0.5, 0.6) is 0 Å². The van der Waals surface area contributed by atoms with Crippen LogP contribution < -0.4 is 0 Å². The number of esters is 6. The average Bonchev–Trinajstić information content (AvgIpc) is 3.64. The summed E-state index contributed by atoms with van der Waals surface area (Å²) in [6.07, 6.45) is 41.5. The Morgan fingerprint density at radius 3 is 0.545 bits per heavy atom. The van der Waals surface area contributed by atoms with Crippen molar-refractivity contribution in [2.24, 2.45) is 11.8 Å². The first kappa shape index (κ1) is 80.5. The molecule has 0 heterocycles. The third-order valence-electron chi connectivity index (χ3n) is 15.3. The lowest BCUT2D eigenvalue weighted by Gasteiger charge is -2.10. The number of carbonyl (C=O) groups is 6. The van der Waals surface area contributed by atoms with Gasteiger partial charge >= 0.3 is 35.8 Å². The standard InChI is InChI=1S/C28H46O4.C26H42O4.C22H34O4/c1-3-5-7-9-11-13-15-19-23-31-27(29)25-21-17-18-22-26(25)28(30)32-24-20-16-14-12-10-8-6-4-2;1-3-5-7-9-11-13-17-21-29-25(27)23-19-15-16-20-24(23)26(28)30-22-18-14-12-10-8-6-4-2;1-17(2)11-7-9-15-25-21(23)19-13-5-6-14-20(19)22(24)26-16-10-8-12-18(3)4/h17-18,21-22H,3-16,19-20,23-24H2,1-2H3;15-16,19-20H,3-14,17-18,21-22H2,1-2H3;5-6,13-14,17-18H,7-12,15-16H2,1-4H3. The van der Waals surface area contributed by atoms with E-state index in [0.29, 0.717) is 73.7 Å². The molecule has 0 aliphatic carbocycles. The van der Waals surface area contributed by atoms with Crippen LogP contribution >= 0.6 is 0 Å². The normalized spacial score (nSPS) is 10.8. The zero-order valence-corrected chi connectivity index (χ0v) is 56.7. The molecule has 0 radical (unpaired) electrons. The van der Waals surface area contributed by atoms with Crippen molar-refractivity contribution in [3.8, 4) is 0 Å². The van der Waals surface area contributed by atoms with Crippen molar-refractivity contribution in [3.63, 3.8) is 0 Å². The summed E-state index contributed by atoms with van der Waals surface area (Å²) in [7, 11) is 0. The highest BCUT2D eigenvalue weighted by atomic mass is 16.6. The maximum Gasteiger partial charge on any atom is 0.339 e. The van der Waals surface area contributed by atoms with Crippen LogP contribution in [0.15, 0.2) is 72.8 Å². The molecule has 0 aromatic heterocycles. The summed E-state index contributed by atoms with van der Waals surface area (Å²) in [6, 6.07) is 20.3. The second kappa shape index (κ2) is 56.7. The van der Waals surface area contributed by atoms with E-state index in [2.05, 4.69) is 55.4 Å². The van der Waals surface area contributed by atoms with Crippen molar-refractivity contribution in [1.29, 1.82) is 0 Å².